The quantitative estimate of drug-likeness (QED) is 0.222. The average molecular weight is 434 g/mol. The largest absolute Gasteiger partial charge is 0.493 e. The van der Waals surface area contributed by atoms with Crippen molar-refractivity contribution in [3.05, 3.63) is 94.0 Å². The minimum atomic E-state index is -0.490. The third-order valence-electron chi connectivity index (χ3n) is 4.00. The maximum atomic E-state index is 12.4. The number of allylic oxidation sites excluding steroid dienone is 1. The van der Waals surface area contributed by atoms with E-state index in [1.807, 2.05) is 36.4 Å². The molecule has 28 heavy (non-hydrogen) atoms. The molecule has 0 radical (unpaired) electrons. The van der Waals surface area contributed by atoms with Gasteiger partial charge in [-0.05, 0) is 57.4 Å². The lowest BCUT2D eigenvalue weighted by atomic mass is 10.0. The zero-order chi connectivity index (χ0) is 19.9. The molecule has 0 spiro atoms. The summed E-state index contributed by atoms with van der Waals surface area (Å²) in [5.41, 5.74) is 2.54. The predicted octanol–water partition coefficient (Wildman–Crippen LogP) is 5.74. The second-order valence-corrected chi connectivity index (χ2v) is 6.67. The molecule has 5 heteroatoms. The highest BCUT2D eigenvalue weighted by Gasteiger charge is 2.15. The van der Waals surface area contributed by atoms with Crippen molar-refractivity contribution in [3.63, 3.8) is 0 Å². The van der Waals surface area contributed by atoms with Crippen LogP contribution in [0.25, 0.3) is 11.6 Å². The molecule has 138 valence electrons. The molecule has 0 bridgehead atoms. The highest BCUT2D eigenvalue weighted by atomic mass is 79.9. The van der Waals surface area contributed by atoms with Crippen LogP contribution < -0.4 is 9.47 Å². The van der Waals surface area contributed by atoms with Crippen molar-refractivity contribution in [2.24, 2.45) is 0 Å². The van der Waals surface area contributed by atoms with E-state index in [0.29, 0.717) is 27.1 Å². The lowest BCUT2D eigenvalue weighted by Gasteiger charge is -2.11. The number of carbonyl (C=O) groups is 1. The first kappa shape index (κ1) is 19.4. The van der Waals surface area contributed by atoms with Gasteiger partial charge in [0.2, 0.25) is 0 Å². The van der Waals surface area contributed by atoms with E-state index in [1.165, 1.54) is 7.11 Å². The summed E-state index contributed by atoms with van der Waals surface area (Å²) >= 11 is 3.34. The highest BCUT2D eigenvalue weighted by Crippen LogP contribution is 2.31. The average Bonchev–Trinajstić information content (AvgIpc) is 2.73. The van der Waals surface area contributed by atoms with Gasteiger partial charge in [-0.15, -0.1) is 0 Å². The Bertz CT molecular complexity index is 1070. The zero-order valence-corrected chi connectivity index (χ0v) is 16.6. The van der Waals surface area contributed by atoms with Gasteiger partial charge in [0.05, 0.1) is 24.3 Å². The topological polar surface area (TPSA) is 59.3 Å². The number of hydrogen-bond acceptors (Lipinski definition) is 4. The number of methoxy groups -OCH3 is 1. The van der Waals surface area contributed by atoms with E-state index in [9.17, 15) is 10.1 Å². The van der Waals surface area contributed by atoms with Gasteiger partial charge in [0.25, 0.3) is 0 Å². The van der Waals surface area contributed by atoms with Crippen LogP contribution in [0.15, 0.2) is 77.3 Å². The molecule has 3 aromatic rings. The van der Waals surface area contributed by atoms with Crippen LogP contribution in [0.4, 0.5) is 0 Å². The number of benzene rings is 3. The monoisotopic (exact) mass is 433 g/mol. The first-order valence-corrected chi connectivity index (χ1v) is 9.23. The molecule has 0 unspecified atom stereocenters. The van der Waals surface area contributed by atoms with Crippen molar-refractivity contribution < 1.29 is 14.3 Å². The maximum Gasteiger partial charge on any atom is 0.344 e. The van der Waals surface area contributed by atoms with E-state index in [4.69, 9.17) is 9.47 Å². The minimum absolute atomic E-state index is 0.304. The molecule has 3 aromatic carbocycles. The number of hydrogen-bond donors (Lipinski definition) is 0. The third kappa shape index (κ3) is 4.48. The van der Waals surface area contributed by atoms with Crippen molar-refractivity contribution in [3.8, 4) is 17.6 Å². The number of esters is 1. The van der Waals surface area contributed by atoms with Gasteiger partial charge in [0.15, 0.2) is 11.5 Å². The van der Waals surface area contributed by atoms with E-state index in [2.05, 4.69) is 22.0 Å². The lowest BCUT2D eigenvalue weighted by molar-refractivity contribution is 0.0729. The van der Waals surface area contributed by atoms with Gasteiger partial charge in [-0.25, -0.2) is 4.79 Å². The molecule has 0 heterocycles. The standard InChI is InChI=1S/C23H16BrNO3/c1-27-22-14-16(13-18(15-25)17-7-3-2-4-8-17)11-12-21(22)28-23(26)19-9-5-6-10-20(19)24/h2-14H,1H3/b18-13+. The highest BCUT2D eigenvalue weighted by molar-refractivity contribution is 9.10. The van der Waals surface area contributed by atoms with Crippen molar-refractivity contribution >= 4 is 33.5 Å². The SMILES string of the molecule is COc1cc(/C=C(\C#N)c2ccccc2)ccc1OC(=O)c1ccccc1Br. The van der Waals surface area contributed by atoms with Crippen LogP contribution in [0.3, 0.4) is 0 Å². The smallest absolute Gasteiger partial charge is 0.344 e. The molecule has 0 saturated heterocycles. The summed E-state index contributed by atoms with van der Waals surface area (Å²) in [5, 5.41) is 9.47. The van der Waals surface area contributed by atoms with Gasteiger partial charge in [0.1, 0.15) is 0 Å². The van der Waals surface area contributed by atoms with Crippen LogP contribution in [-0.2, 0) is 0 Å². The summed E-state index contributed by atoms with van der Waals surface area (Å²) in [6, 6.07) is 23.8. The van der Waals surface area contributed by atoms with E-state index in [0.717, 1.165) is 11.1 Å². The fourth-order valence-corrected chi connectivity index (χ4v) is 3.05. The summed E-state index contributed by atoms with van der Waals surface area (Å²) in [7, 11) is 1.50. The second-order valence-electron chi connectivity index (χ2n) is 5.82. The second kappa shape index (κ2) is 9.03. The van der Waals surface area contributed by atoms with Crippen LogP contribution in [0.1, 0.15) is 21.5 Å². The Kier molecular flexibility index (Phi) is 6.25. The number of ether oxygens (including phenoxy) is 2. The number of carbonyl (C=O) groups excluding carboxylic acids is 1. The van der Waals surface area contributed by atoms with Crippen LogP contribution in [0, 0.1) is 11.3 Å². The molecule has 0 amide bonds. The number of nitrogens with zero attached hydrogens (tertiary/aromatic N) is 1. The van der Waals surface area contributed by atoms with Gasteiger partial charge in [-0.1, -0.05) is 48.5 Å². The lowest BCUT2D eigenvalue weighted by Crippen LogP contribution is -2.10. The molecule has 0 atom stereocenters. The van der Waals surface area contributed by atoms with E-state index in [-0.39, 0.29) is 0 Å². The Hall–Kier alpha value is -3.36. The molecule has 0 aliphatic rings. The van der Waals surface area contributed by atoms with Crippen molar-refractivity contribution in [1.82, 2.24) is 0 Å². The summed E-state index contributed by atoms with van der Waals surface area (Å²) in [6.45, 7) is 0. The Labute approximate surface area is 171 Å². The number of rotatable bonds is 5. The molecular weight excluding hydrogens is 418 g/mol. The first-order chi connectivity index (χ1) is 13.6. The van der Waals surface area contributed by atoms with Crippen LogP contribution in [0.2, 0.25) is 0 Å². The fourth-order valence-electron chi connectivity index (χ4n) is 2.60. The molecular formula is C23H16BrNO3. The van der Waals surface area contributed by atoms with Gasteiger partial charge in [-0.2, -0.15) is 5.26 Å². The molecule has 0 N–H and O–H groups in total. The summed E-state index contributed by atoms with van der Waals surface area (Å²) < 4.78 is 11.5. The molecule has 4 nitrogen and oxygen atoms in total. The van der Waals surface area contributed by atoms with Crippen molar-refractivity contribution in [1.29, 1.82) is 5.26 Å². The molecule has 0 saturated carbocycles. The van der Waals surface area contributed by atoms with E-state index >= 15 is 0 Å². The van der Waals surface area contributed by atoms with Gasteiger partial charge < -0.3 is 9.47 Å². The van der Waals surface area contributed by atoms with Crippen molar-refractivity contribution in [2.45, 2.75) is 0 Å². The fraction of sp³-hybridized carbons (Fsp3) is 0.0435. The Morgan fingerprint density at radius 1 is 1.00 bits per heavy atom. The van der Waals surface area contributed by atoms with Gasteiger partial charge in [-0.3, -0.25) is 0 Å². The van der Waals surface area contributed by atoms with E-state index < -0.39 is 5.97 Å². The molecule has 0 fully saturated rings. The summed E-state index contributed by atoms with van der Waals surface area (Å²) in [5.74, 6) is 0.217. The molecule has 0 aromatic heterocycles. The zero-order valence-electron chi connectivity index (χ0n) is 15.1. The summed E-state index contributed by atoms with van der Waals surface area (Å²) in [6.07, 6.45) is 1.76. The third-order valence-corrected chi connectivity index (χ3v) is 4.69. The van der Waals surface area contributed by atoms with Gasteiger partial charge in [0, 0.05) is 4.47 Å². The Morgan fingerprint density at radius 2 is 1.71 bits per heavy atom. The Morgan fingerprint density at radius 3 is 2.39 bits per heavy atom. The number of halogens is 1. The van der Waals surface area contributed by atoms with Crippen molar-refractivity contribution in [2.75, 3.05) is 7.11 Å². The number of nitriles is 1. The molecule has 3 rings (SSSR count). The van der Waals surface area contributed by atoms with Crippen LogP contribution >= 0.6 is 15.9 Å². The molecule has 0 aliphatic carbocycles. The van der Waals surface area contributed by atoms with Crippen LogP contribution in [-0.4, -0.2) is 13.1 Å². The minimum Gasteiger partial charge on any atom is -0.493 e. The Balaban J connectivity index is 1.89. The first-order valence-electron chi connectivity index (χ1n) is 8.44. The van der Waals surface area contributed by atoms with Crippen LogP contribution in [0.5, 0.6) is 11.5 Å². The van der Waals surface area contributed by atoms with Gasteiger partial charge >= 0.3 is 5.97 Å². The summed E-state index contributed by atoms with van der Waals surface area (Å²) in [4.78, 5) is 12.4. The van der Waals surface area contributed by atoms with E-state index in [1.54, 1.807) is 42.5 Å². The molecule has 0 aliphatic heterocycles. The maximum absolute atomic E-state index is 12.4. The predicted molar refractivity (Wildman–Crippen MR) is 112 cm³/mol. The normalized spacial score (nSPS) is 10.8.